The lowest BCUT2D eigenvalue weighted by atomic mass is 10.0. The summed E-state index contributed by atoms with van der Waals surface area (Å²) in [6, 6.07) is 0. The second-order valence-electron chi connectivity index (χ2n) is 13.0. The van der Waals surface area contributed by atoms with E-state index in [9.17, 15) is 9.90 Å². The number of carbonyl (C=O) groups is 1. The van der Waals surface area contributed by atoms with E-state index in [1.807, 2.05) is 0 Å². The molecule has 0 bridgehead atoms. The molecule has 260 valence electrons. The fourth-order valence-electron chi connectivity index (χ4n) is 5.59. The lowest BCUT2D eigenvalue weighted by molar-refractivity contribution is -0.154. The molecule has 0 saturated heterocycles. The van der Waals surface area contributed by atoms with Crippen LogP contribution in [-0.2, 0) is 14.3 Å². The largest absolute Gasteiger partial charge is 0.457 e. The zero-order chi connectivity index (χ0) is 32.0. The first-order valence-corrected chi connectivity index (χ1v) is 19.4. The van der Waals surface area contributed by atoms with Gasteiger partial charge in [0.1, 0.15) is 6.10 Å². The van der Waals surface area contributed by atoms with Crippen LogP contribution in [0.2, 0.25) is 0 Å². The molecule has 0 aromatic carbocycles. The summed E-state index contributed by atoms with van der Waals surface area (Å²) < 4.78 is 11.1. The molecule has 44 heavy (non-hydrogen) atoms. The van der Waals surface area contributed by atoms with Gasteiger partial charge in [-0.3, -0.25) is 4.79 Å². The number of hydrogen-bond donors (Lipinski definition) is 1. The van der Waals surface area contributed by atoms with Crippen LogP contribution in [0.3, 0.4) is 0 Å². The molecule has 0 spiro atoms. The molecule has 0 saturated carbocycles. The van der Waals surface area contributed by atoms with Gasteiger partial charge in [-0.2, -0.15) is 0 Å². The van der Waals surface area contributed by atoms with E-state index >= 15 is 0 Å². The lowest BCUT2D eigenvalue weighted by Crippen LogP contribution is -2.27. The van der Waals surface area contributed by atoms with E-state index in [0.717, 1.165) is 25.7 Å². The number of ether oxygens (including phenoxy) is 2. The van der Waals surface area contributed by atoms with E-state index in [1.165, 1.54) is 154 Å². The van der Waals surface area contributed by atoms with Gasteiger partial charge in [0.25, 0.3) is 0 Å². The van der Waals surface area contributed by atoms with Gasteiger partial charge in [0, 0.05) is 13.0 Å². The molecule has 0 aromatic heterocycles. The molecule has 0 aromatic rings. The predicted octanol–water partition coefficient (Wildman–Crippen LogP) is 12.4. The smallest absolute Gasteiger partial charge is 0.306 e. The second-order valence-corrected chi connectivity index (χ2v) is 13.0. The Hall–Kier alpha value is -1.13. The van der Waals surface area contributed by atoms with E-state index in [1.54, 1.807) is 0 Å². The summed E-state index contributed by atoms with van der Waals surface area (Å²) >= 11 is 0. The minimum atomic E-state index is -0.528. The van der Waals surface area contributed by atoms with Crippen molar-refractivity contribution in [2.75, 3.05) is 19.8 Å². The highest BCUT2D eigenvalue weighted by Gasteiger charge is 2.13. The maximum atomic E-state index is 12.1. The van der Waals surface area contributed by atoms with Crippen LogP contribution in [0.25, 0.3) is 0 Å². The molecule has 0 amide bonds. The van der Waals surface area contributed by atoms with Gasteiger partial charge in [0.2, 0.25) is 0 Å². The second kappa shape index (κ2) is 38.1. The van der Waals surface area contributed by atoms with Crippen LogP contribution in [0.4, 0.5) is 0 Å². The Morgan fingerprint density at radius 1 is 0.545 bits per heavy atom. The van der Waals surface area contributed by atoms with Gasteiger partial charge in [-0.1, -0.05) is 173 Å². The van der Waals surface area contributed by atoms with Crippen LogP contribution < -0.4 is 0 Å². The van der Waals surface area contributed by atoms with Gasteiger partial charge in [0.15, 0.2) is 0 Å². The summed E-state index contributed by atoms with van der Waals surface area (Å²) in [5.74, 6) is -0.202. The van der Waals surface area contributed by atoms with Gasteiger partial charge in [-0.15, -0.1) is 0 Å². The van der Waals surface area contributed by atoms with Gasteiger partial charge in [0.05, 0.1) is 13.2 Å². The molecule has 1 atom stereocenters. The summed E-state index contributed by atoms with van der Waals surface area (Å²) in [7, 11) is 0. The molecule has 0 aliphatic carbocycles. The zero-order valence-corrected chi connectivity index (χ0v) is 29.7. The third-order valence-electron chi connectivity index (χ3n) is 8.53. The van der Waals surface area contributed by atoms with Gasteiger partial charge in [-0.25, -0.2) is 0 Å². The van der Waals surface area contributed by atoms with E-state index in [2.05, 4.69) is 38.2 Å². The first-order valence-electron chi connectivity index (χ1n) is 19.4. The third kappa shape index (κ3) is 35.4. The van der Waals surface area contributed by atoms with E-state index in [-0.39, 0.29) is 12.6 Å². The fourth-order valence-corrected chi connectivity index (χ4v) is 5.59. The maximum Gasteiger partial charge on any atom is 0.306 e. The van der Waals surface area contributed by atoms with E-state index < -0.39 is 6.10 Å². The Morgan fingerprint density at radius 2 is 0.955 bits per heavy atom. The summed E-state index contributed by atoms with van der Waals surface area (Å²) in [6.07, 6.45) is 45.1. The van der Waals surface area contributed by atoms with E-state index in [0.29, 0.717) is 19.6 Å². The first kappa shape index (κ1) is 42.9. The number of aliphatic hydroxyl groups excluding tert-OH is 1. The highest BCUT2D eigenvalue weighted by molar-refractivity contribution is 5.69. The van der Waals surface area contributed by atoms with Crippen molar-refractivity contribution in [3.8, 4) is 0 Å². The molecule has 4 heteroatoms. The highest BCUT2D eigenvalue weighted by Crippen LogP contribution is 2.14. The van der Waals surface area contributed by atoms with Gasteiger partial charge in [-0.05, 0) is 44.9 Å². The Labute approximate surface area is 275 Å². The number of esters is 1. The molecule has 0 aliphatic heterocycles. The fraction of sp³-hybridized carbons (Fsp3) is 0.875. The lowest BCUT2D eigenvalue weighted by Gasteiger charge is -2.16. The summed E-state index contributed by atoms with van der Waals surface area (Å²) in [4.78, 5) is 12.1. The van der Waals surface area contributed by atoms with Crippen LogP contribution in [0.5, 0.6) is 0 Å². The molecule has 0 aliphatic rings. The van der Waals surface area contributed by atoms with Crippen molar-refractivity contribution in [1.29, 1.82) is 0 Å². The van der Waals surface area contributed by atoms with Crippen molar-refractivity contribution in [2.45, 2.75) is 206 Å². The Kier molecular flexibility index (Phi) is 37.1. The first-order chi connectivity index (χ1) is 21.7. The minimum absolute atomic E-state index is 0.169. The van der Waals surface area contributed by atoms with Gasteiger partial charge < -0.3 is 14.6 Å². The normalized spacial score (nSPS) is 12.5. The highest BCUT2D eigenvalue weighted by atomic mass is 16.6. The predicted molar refractivity (Wildman–Crippen MR) is 191 cm³/mol. The average Bonchev–Trinajstić information content (AvgIpc) is 3.03. The quantitative estimate of drug-likeness (QED) is 0.0430. The SMILES string of the molecule is CCCCCCC/C=C\C/C=C\CCCCCCCCCCCCCC(=O)OC(CO)COCCCCCCCCCCC. The van der Waals surface area contributed by atoms with Crippen LogP contribution in [0, 0.1) is 0 Å². The van der Waals surface area contributed by atoms with Crippen molar-refractivity contribution >= 4 is 5.97 Å². The number of carbonyl (C=O) groups excluding carboxylic acids is 1. The van der Waals surface area contributed by atoms with Crippen LogP contribution in [-0.4, -0.2) is 37.0 Å². The molecule has 1 N–H and O–H groups in total. The monoisotopic (exact) mass is 621 g/mol. The molecule has 0 fully saturated rings. The van der Waals surface area contributed by atoms with E-state index in [4.69, 9.17) is 9.47 Å². The molecular formula is C40H76O4. The number of hydrogen-bond acceptors (Lipinski definition) is 4. The Bertz CT molecular complexity index is 614. The number of aliphatic hydroxyl groups is 1. The number of allylic oxidation sites excluding steroid dienone is 4. The molecule has 1 unspecified atom stereocenters. The Morgan fingerprint density at radius 3 is 1.41 bits per heavy atom. The van der Waals surface area contributed by atoms with Crippen LogP contribution in [0.1, 0.15) is 200 Å². The van der Waals surface area contributed by atoms with Crippen LogP contribution >= 0.6 is 0 Å². The van der Waals surface area contributed by atoms with Crippen molar-refractivity contribution in [1.82, 2.24) is 0 Å². The summed E-state index contributed by atoms with van der Waals surface area (Å²) in [5.41, 5.74) is 0. The zero-order valence-electron chi connectivity index (χ0n) is 29.7. The van der Waals surface area contributed by atoms with Crippen molar-refractivity contribution in [2.24, 2.45) is 0 Å². The molecule has 4 nitrogen and oxygen atoms in total. The molecular weight excluding hydrogens is 544 g/mol. The summed E-state index contributed by atoms with van der Waals surface area (Å²) in [5, 5.41) is 9.53. The van der Waals surface area contributed by atoms with Crippen molar-refractivity contribution in [3.05, 3.63) is 24.3 Å². The average molecular weight is 621 g/mol. The minimum Gasteiger partial charge on any atom is -0.457 e. The van der Waals surface area contributed by atoms with Crippen molar-refractivity contribution in [3.63, 3.8) is 0 Å². The third-order valence-corrected chi connectivity index (χ3v) is 8.53. The van der Waals surface area contributed by atoms with Gasteiger partial charge >= 0.3 is 5.97 Å². The maximum absolute atomic E-state index is 12.1. The number of rotatable bonds is 36. The Balaban J connectivity index is 3.40. The topological polar surface area (TPSA) is 55.8 Å². The van der Waals surface area contributed by atoms with Crippen LogP contribution in [0.15, 0.2) is 24.3 Å². The molecule has 0 heterocycles. The molecule has 0 radical (unpaired) electrons. The van der Waals surface area contributed by atoms with Crippen molar-refractivity contribution < 1.29 is 19.4 Å². The summed E-state index contributed by atoms with van der Waals surface area (Å²) in [6.45, 7) is 5.34. The number of unbranched alkanes of at least 4 members (excludes halogenated alkanes) is 24. The standard InChI is InChI=1S/C40H76O4/c1-3-5-7-9-11-13-14-15-16-17-18-19-20-21-22-23-24-25-26-27-29-31-33-35-40(42)44-39(37-41)38-43-36-34-32-30-28-12-10-8-6-4-2/h14-15,17-18,39,41H,3-13,16,19-38H2,1-2H3/b15-14-,18-17-. The molecule has 0 rings (SSSR count).